The molecule has 1 saturated heterocycles. The molecule has 26 heavy (non-hydrogen) atoms. The second-order valence-corrected chi connectivity index (χ2v) is 7.82. The molecule has 1 aliphatic heterocycles. The molecular weight excluding hydrogens is 355 g/mol. The Hall–Kier alpha value is -2.35. The molecule has 0 aliphatic carbocycles. The summed E-state index contributed by atoms with van der Waals surface area (Å²) in [6.45, 7) is 4.26. The number of likely N-dealkylation sites (tertiary alicyclic amines) is 1. The van der Waals surface area contributed by atoms with Gasteiger partial charge in [0, 0.05) is 24.9 Å². The van der Waals surface area contributed by atoms with Crippen LogP contribution in [0.3, 0.4) is 0 Å². The van der Waals surface area contributed by atoms with Gasteiger partial charge in [-0.05, 0) is 18.4 Å². The zero-order chi connectivity index (χ0) is 18.7. The first kappa shape index (κ1) is 18.4. The summed E-state index contributed by atoms with van der Waals surface area (Å²) in [5.74, 6) is -0.380. The largest absolute Gasteiger partial charge is 0.326 e. The number of nitrogens with zero attached hydrogens (tertiary/aromatic N) is 3. The first-order valence-corrected chi connectivity index (χ1v) is 9.42. The van der Waals surface area contributed by atoms with E-state index in [1.807, 2.05) is 0 Å². The van der Waals surface area contributed by atoms with Crippen LogP contribution in [0.15, 0.2) is 24.3 Å². The molecule has 0 spiro atoms. The molecule has 6 nitrogen and oxygen atoms in total. The number of halogens is 1. The second-order valence-electron chi connectivity index (χ2n) is 6.76. The molecule has 138 valence electrons. The smallest absolute Gasteiger partial charge is 0.249 e. The van der Waals surface area contributed by atoms with E-state index in [0.29, 0.717) is 23.0 Å². The number of benzene rings is 1. The van der Waals surface area contributed by atoms with Crippen molar-refractivity contribution in [3.05, 3.63) is 40.7 Å². The lowest BCUT2D eigenvalue weighted by molar-refractivity contribution is -0.133. The van der Waals surface area contributed by atoms with Crippen LogP contribution in [-0.4, -0.2) is 33.0 Å². The van der Waals surface area contributed by atoms with E-state index in [0.717, 1.165) is 11.4 Å². The Morgan fingerprint density at radius 3 is 2.88 bits per heavy atom. The van der Waals surface area contributed by atoms with Crippen LogP contribution in [0.5, 0.6) is 0 Å². The van der Waals surface area contributed by atoms with E-state index < -0.39 is 6.04 Å². The summed E-state index contributed by atoms with van der Waals surface area (Å²) < 4.78 is 13.9. The molecular formula is C18H21FN4O2S. The first-order valence-electron chi connectivity index (χ1n) is 8.60. The Bertz CT molecular complexity index is 808. The highest BCUT2D eigenvalue weighted by Gasteiger charge is 2.36. The molecule has 1 fully saturated rings. The standard InChI is InChI=1S/C18H21FN4O2S/c1-11(2)9-15-21-22-18(26-15)20-17(25)14-7-8-16(24)23(14)10-12-5-3-4-6-13(12)19/h3-6,11,14H,7-10H2,1-2H3,(H,20,22,25). The van der Waals surface area contributed by atoms with E-state index in [1.165, 1.54) is 22.3 Å². The number of anilines is 1. The number of aromatic nitrogens is 2. The quantitative estimate of drug-likeness (QED) is 0.841. The molecule has 2 amide bonds. The van der Waals surface area contributed by atoms with Crippen molar-refractivity contribution in [2.45, 2.75) is 45.7 Å². The summed E-state index contributed by atoms with van der Waals surface area (Å²) in [4.78, 5) is 26.2. The molecule has 8 heteroatoms. The fourth-order valence-electron chi connectivity index (χ4n) is 2.94. The van der Waals surface area contributed by atoms with E-state index >= 15 is 0 Å². The summed E-state index contributed by atoms with van der Waals surface area (Å²) >= 11 is 1.34. The number of rotatable bonds is 6. The molecule has 2 aromatic rings. The predicted molar refractivity (Wildman–Crippen MR) is 97.1 cm³/mol. The third-order valence-electron chi connectivity index (χ3n) is 4.21. The van der Waals surface area contributed by atoms with Crippen LogP contribution in [0.4, 0.5) is 9.52 Å². The van der Waals surface area contributed by atoms with Crippen LogP contribution in [0.2, 0.25) is 0 Å². The maximum absolute atomic E-state index is 13.9. The van der Waals surface area contributed by atoms with Crippen molar-refractivity contribution >= 4 is 28.3 Å². The van der Waals surface area contributed by atoms with E-state index in [1.54, 1.807) is 18.2 Å². The normalized spacial score (nSPS) is 17.2. The van der Waals surface area contributed by atoms with Gasteiger partial charge in [0.25, 0.3) is 0 Å². The zero-order valence-corrected chi connectivity index (χ0v) is 15.6. The van der Waals surface area contributed by atoms with Crippen molar-refractivity contribution in [1.82, 2.24) is 15.1 Å². The minimum Gasteiger partial charge on any atom is -0.326 e. The fraction of sp³-hybridized carbons (Fsp3) is 0.444. The van der Waals surface area contributed by atoms with Crippen LogP contribution in [-0.2, 0) is 22.6 Å². The van der Waals surface area contributed by atoms with Gasteiger partial charge in [0.05, 0.1) is 0 Å². The van der Waals surface area contributed by atoms with Gasteiger partial charge in [0.1, 0.15) is 16.9 Å². The highest BCUT2D eigenvalue weighted by Crippen LogP contribution is 2.25. The third kappa shape index (κ3) is 4.24. The summed E-state index contributed by atoms with van der Waals surface area (Å²) in [6.07, 6.45) is 1.49. The molecule has 3 rings (SSSR count). The van der Waals surface area contributed by atoms with Gasteiger partial charge in [-0.2, -0.15) is 0 Å². The minimum absolute atomic E-state index is 0.0817. The van der Waals surface area contributed by atoms with Crippen molar-refractivity contribution in [2.75, 3.05) is 5.32 Å². The van der Waals surface area contributed by atoms with E-state index in [-0.39, 0.29) is 30.6 Å². The first-order chi connectivity index (χ1) is 12.4. The van der Waals surface area contributed by atoms with Gasteiger partial charge in [0.15, 0.2) is 0 Å². The highest BCUT2D eigenvalue weighted by atomic mass is 32.1. The van der Waals surface area contributed by atoms with Crippen molar-refractivity contribution in [3.63, 3.8) is 0 Å². The minimum atomic E-state index is -0.625. The van der Waals surface area contributed by atoms with Crippen molar-refractivity contribution < 1.29 is 14.0 Å². The lowest BCUT2D eigenvalue weighted by Crippen LogP contribution is -2.41. The molecule has 2 heterocycles. The molecule has 1 aromatic heterocycles. The van der Waals surface area contributed by atoms with E-state index in [9.17, 15) is 14.0 Å². The van der Waals surface area contributed by atoms with Gasteiger partial charge >= 0.3 is 0 Å². The van der Waals surface area contributed by atoms with Gasteiger partial charge in [0.2, 0.25) is 16.9 Å². The van der Waals surface area contributed by atoms with Gasteiger partial charge in [-0.3, -0.25) is 14.9 Å². The van der Waals surface area contributed by atoms with Crippen molar-refractivity contribution in [3.8, 4) is 0 Å². The van der Waals surface area contributed by atoms with Crippen LogP contribution in [0.1, 0.15) is 37.3 Å². The SMILES string of the molecule is CC(C)Cc1nnc(NC(=O)C2CCC(=O)N2Cc2ccccc2F)s1. The Morgan fingerprint density at radius 1 is 1.38 bits per heavy atom. The molecule has 1 N–H and O–H groups in total. The van der Waals surface area contributed by atoms with Gasteiger partial charge in [-0.1, -0.05) is 43.4 Å². The van der Waals surface area contributed by atoms with Crippen molar-refractivity contribution in [1.29, 1.82) is 0 Å². The molecule has 0 radical (unpaired) electrons. The maximum Gasteiger partial charge on any atom is 0.249 e. The molecule has 1 aromatic carbocycles. The number of hydrogen-bond donors (Lipinski definition) is 1. The summed E-state index contributed by atoms with van der Waals surface area (Å²) in [5, 5.41) is 12.1. The highest BCUT2D eigenvalue weighted by molar-refractivity contribution is 7.15. The van der Waals surface area contributed by atoms with Crippen molar-refractivity contribution in [2.24, 2.45) is 5.92 Å². The monoisotopic (exact) mass is 376 g/mol. The fourth-order valence-corrected chi connectivity index (χ4v) is 3.89. The zero-order valence-electron chi connectivity index (χ0n) is 14.7. The Kier molecular flexibility index (Phi) is 5.61. The van der Waals surface area contributed by atoms with Gasteiger partial charge < -0.3 is 4.90 Å². The second kappa shape index (κ2) is 7.90. The Morgan fingerprint density at radius 2 is 2.15 bits per heavy atom. The number of carbonyl (C=O) groups is 2. The predicted octanol–water partition coefficient (Wildman–Crippen LogP) is 3.01. The average Bonchev–Trinajstić information content (AvgIpc) is 3.16. The van der Waals surface area contributed by atoms with E-state index in [4.69, 9.17) is 0 Å². The third-order valence-corrected chi connectivity index (χ3v) is 5.07. The number of hydrogen-bond acceptors (Lipinski definition) is 5. The lowest BCUT2D eigenvalue weighted by atomic mass is 10.1. The number of carbonyl (C=O) groups excluding carboxylic acids is 2. The Balaban J connectivity index is 1.68. The van der Waals surface area contributed by atoms with E-state index in [2.05, 4.69) is 29.4 Å². The maximum atomic E-state index is 13.9. The molecule has 1 aliphatic rings. The summed E-state index contributed by atoms with van der Waals surface area (Å²) in [5.41, 5.74) is 0.399. The molecule has 1 unspecified atom stereocenters. The molecule has 0 bridgehead atoms. The lowest BCUT2D eigenvalue weighted by Gasteiger charge is -2.23. The molecule has 0 saturated carbocycles. The van der Waals surface area contributed by atoms with Crippen LogP contribution < -0.4 is 5.32 Å². The topological polar surface area (TPSA) is 75.2 Å². The summed E-state index contributed by atoms with van der Waals surface area (Å²) in [6, 6.07) is 5.66. The summed E-state index contributed by atoms with van der Waals surface area (Å²) in [7, 11) is 0. The van der Waals surface area contributed by atoms with Gasteiger partial charge in [-0.15, -0.1) is 10.2 Å². The number of amides is 2. The van der Waals surface area contributed by atoms with Crippen LogP contribution in [0, 0.1) is 11.7 Å². The van der Waals surface area contributed by atoms with Gasteiger partial charge in [-0.25, -0.2) is 4.39 Å². The number of nitrogens with one attached hydrogen (secondary N) is 1. The average molecular weight is 376 g/mol. The molecule has 1 atom stereocenters. The van der Waals surface area contributed by atoms with Crippen LogP contribution in [0.25, 0.3) is 0 Å². The van der Waals surface area contributed by atoms with Crippen LogP contribution >= 0.6 is 11.3 Å². The Labute approximate surface area is 155 Å².